The zero-order valence-corrected chi connectivity index (χ0v) is 39.4. The highest BCUT2D eigenvalue weighted by molar-refractivity contribution is 6.39. The Morgan fingerprint density at radius 3 is 2.48 bits per heavy atom. The van der Waals surface area contributed by atoms with Gasteiger partial charge >= 0.3 is 5.97 Å². The van der Waals surface area contributed by atoms with Crippen LogP contribution in [0.15, 0.2) is 113 Å². The molecule has 0 saturated carbocycles. The third kappa shape index (κ3) is 10.5. The van der Waals surface area contributed by atoms with Crippen molar-refractivity contribution in [1.82, 2.24) is 34.3 Å². The summed E-state index contributed by atoms with van der Waals surface area (Å²) in [5.41, 5.74) is 3.62. The molecule has 14 nitrogen and oxygen atoms in total. The molecular formula is C49H47Cl3FN7O7. The first-order valence-corrected chi connectivity index (χ1v) is 22.5. The predicted molar refractivity (Wildman–Crippen MR) is 255 cm³/mol. The first-order valence-electron chi connectivity index (χ1n) is 21.3. The fourth-order valence-electron chi connectivity index (χ4n) is 8.05. The molecule has 6 aromatic rings. The minimum Gasteiger partial charge on any atom is -0.496 e. The Bertz CT molecular complexity index is 2880. The van der Waals surface area contributed by atoms with Crippen molar-refractivity contribution in [3.8, 4) is 45.8 Å². The van der Waals surface area contributed by atoms with Crippen LogP contribution in [0.5, 0.6) is 23.1 Å². The van der Waals surface area contributed by atoms with Crippen molar-refractivity contribution in [2.75, 3.05) is 53.5 Å². The summed E-state index contributed by atoms with van der Waals surface area (Å²) in [6, 6.07) is 20.0. The van der Waals surface area contributed by atoms with Gasteiger partial charge in [-0.15, -0.1) is 0 Å². The van der Waals surface area contributed by atoms with Crippen LogP contribution in [0, 0.1) is 5.82 Å². The number of carboxylic acid groups (broad SMARTS) is 1. The van der Waals surface area contributed by atoms with Gasteiger partial charge in [0.1, 0.15) is 65.5 Å². The summed E-state index contributed by atoms with van der Waals surface area (Å²) in [5, 5.41) is 11.4. The van der Waals surface area contributed by atoms with Crippen molar-refractivity contribution in [2.24, 2.45) is 0 Å². The Morgan fingerprint density at radius 1 is 0.985 bits per heavy atom. The van der Waals surface area contributed by atoms with E-state index >= 15 is 0 Å². The maximum atomic E-state index is 14.4. The smallest absolute Gasteiger partial charge is 0.345 e. The van der Waals surface area contributed by atoms with E-state index in [4.69, 9.17) is 63.5 Å². The fraction of sp³-hybridized carbons (Fsp3) is 0.286. The zero-order valence-electron chi connectivity index (χ0n) is 37.1. The molecule has 1 fully saturated rings. The number of carbonyl (C=O) groups is 1. The molecule has 5 heterocycles. The summed E-state index contributed by atoms with van der Waals surface area (Å²) >= 11 is 21.5. The number of hydrogen-bond donors (Lipinski definition) is 1. The molecule has 0 aliphatic carbocycles. The second-order valence-electron chi connectivity index (χ2n) is 16.1. The third-order valence-corrected chi connectivity index (χ3v) is 12.5. The van der Waals surface area contributed by atoms with E-state index in [9.17, 15) is 14.3 Å². The average Bonchev–Trinajstić information content (AvgIpc) is 3.61. The van der Waals surface area contributed by atoms with Crippen molar-refractivity contribution in [3.05, 3.63) is 135 Å². The molecule has 0 unspecified atom stereocenters. The standard InChI is InChI=1S/C49H47Cl3FN7O7/c1-28-41(51)30(3)66-36(24-59-20-18-58(4)19-21-59)26-64-35-14-15-38(65-25-34-16-17-54-47(57-34)37-8-6-7-9-39(37)63-5)32(22-35)23-40(49(61)62)67-48-46-43(55-27-56-48)42(52)45(60(46)44(28)29(2)50)31-10-12-33(53)13-11-31/h6-17,22,27,36,40H,3,18-21,23-26H2,1-2,4-5H3,(H,61,62)/b41-28?,44-29+/t36-,40+/m1/s1. The Kier molecular flexibility index (Phi) is 14.6. The van der Waals surface area contributed by atoms with Gasteiger partial charge in [-0.1, -0.05) is 53.5 Å². The monoisotopic (exact) mass is 969 g/mol. The summed E-state index contributed by atoms with van der Waals surface area (Å²) in [7, 11) is 3.66. The molecule has 2 aliphatic rings. The number of piperazine rings is 1. The summed E-state index contributed by atoms with van der Waals surface area (Å²) in [6.07, 6.45) is 0.504. The van der Waals surface area contributed by atoms with Crippen LogP contribution in [-0.4, -0.2) is 111 Å². The Hall–Kier alpha value is -6.23. The van der Waals surface area contributed by atoms with Gasteiger partial charge in [0.2, 0.25) is 12.0 Å². The molecule has 1 saturated heterocycles. The van der Waals surface area contributed by atoms with Gasteiger partial charge in [0, 0.05) is 61.5 Å². The van der Waals surface area contributed by atoms with E-state index < -0.39 is 24.0 Å². The second kappa shape index (κ2) is 20.7. The molecule has 8 rings (SSSR count). The minimum absolute atomic E-state index is 0.00419. The molecular weight excluding hydrogens is 924 g/mol. The molecule has 2 atom stereocenters. The molecule has 18 heteroatoms. The van der Waals surface area contributed by atoms with Crippen LogP contribution in [0.2, 0.25) is 5.02 Å². The van der Waals surface area contributed by atoms with E-state index in [0.717, 1.165) is 26.2 Å². The first-order chi connectivity index (χ1) is 32.3. The van der Waals surface area contributed by atoms with Gasteiger partial charge in [0.05, 0.1) is 39.8 Å². The van der Waals surface area contributed by atoms with Crippen LogP contribution in [-0.2, 0) is 22.6 Å². The van der Waals surface area contributed by atoms with E-state index in [0.29, 0.717) is 69.0 Å². The van der Waals surface area contributed by atoms with E-state index in [1.807, 2.05) is 24.3 Å². The van der Waals surface area contributed by atoms with E-state index in [1.165, 1.54) is 18.5 Å². The maximum Gasteiger partial charge on any atom is 0.345 e. The van der Waals surface area contributed by atoms with Crippen molar-refractivity contribution < 1.29 is 38.0 Å². The zero-order chi connectivity index (χ0) is 47.4. The Balaban J connectivity index is 1.25. The van der Waals surface area contributed by atoms with E-state index in [2.05, 4.69) is 38.4 Å². The van der Waals surface area contributed by atoms with Gasteiger partial charge in [0.25, 0.3) is 0 Å². The number of aliphatic carboxylic acids is 1. The first kappa shape index (κ1) is 47.3. The molecule has 348 valence electrons. The van der Waals surface area contributed by atoms with Crippen LogP contribution in [0.3, 0.4) is 0 Å². The molecule has 2 aliphatic heterocycles. The van der Waals surface area contributed by atoms with Crippen LogP contribution in [0.4, 0.5) is 4.39 Å². The number of carboxylic acids is 1. The second-order valence-corrected chi connectivity index (χ2v) is 17.4. The quantitative estimate of drug-likeness (QED) is 0.147. The normalized spacial score (nSPS) is 18.4. The van der Waals surface area contributed by atoms with Crippen LogP contribution in [0.25, 0.3) is 39.4 Å². The molecule has 0 amide bonds. The number of allylic oxidation sites excluding steroid dienone is 4. The van der Waals surface area contributed by atoms with Gasteiger partial charge < -0.3 is 38.3 Å². The number of methoxy groups -OCH3 is 1. The minimum atomic E-state index is -1.56. The molecule has 2 bridgehead atoms. The number of aromatic nitrogens is 5. The summed E-state index contributed by atoms with van der Waals surface area (Å²) < 4.78 is 47.5. The number of ether oxygens (including phenoxy) is 5. The highest BCUT2D eigenvalue weighted by atomic mass is 35.5. The lowest BCUT2D eigenvalue weighted by Crippen LogP contribution is -2.48. The van der Waals surface area contributed by atoms with Crippen molar-refractivity contribution in [2.45, 2.75) is 39.1 Å². The number of nitrogens with zero attached hydrogens (tertiary/aromatic N) is 7. The SMILES string of the molecule is C=C1O[C@H](CN2CCN(C)CC2)COc2ccc(OCc3ccnc(-c4ccccc4OC)n3)c(c2)C[C@@H](C(=O)O)Oc2ncnc3c(Cl)c(-c4ccc(F)cc4)n(c23)/C(=C(\C)Cl)C(C)=C1Cl. The lowest BCUT2D eigenvalue weighted by Gasteiger charge is -2.34. The molecule has 1 N–H and O–H groups in total. The topological polar surface area (TPSA) is 146 Å². The highest BCUT2D eigenvalue weighted by Gasteiger charge is 2.32. The largest absolute Gasteiger partial charge is 0.496 e. The van der Waals surface area contributed by atoms with Gasteiger partial charge in [-0.05, 0) is 87.1 Å². The van der Waals surface area contributed by atoms with E-state index in [-0.39, 0.29) is 57.4 Å². The molecule has 3 aromatic heterocycles. The third-order valence-electron chi connectivity index (χ3n) is 11.5. The molecule has 0 radical (unpaired) electrons. The fourth-order valence-corrected chi connectivity index (χ4v) is 8.74. The van der Waals surface area contributed by atoms with Gasteiger partial charge in [-0.3, -0.25) is 4.90 Å². The van der Waals surface area contributed by atoms with Crippen molar-refractivity contribution >= 4 is 57.5 Å². The molecule has 0 spiro atoms. The highest BCUT2D eigenvalue weighted by Crippen LogP contribution is 2.45. The van der Waals surface area contributed by atoms with Gasteiger partial charge in [-0.25, -0.2) is 24.1 Å². The number of benzene rings is 3. The number of rotatable bonds is 9. The van der Waals surface area contributed by atoms with Gasteiger partial charge in [0.15, 0.2) is 5.82 Å². The van der Waals surface area contributed by atoms with E-state index in [1.54, 1.807) is 68.1 Å². The summed E-state index contributed by atoms with van der Waals surface area (Å²) in [6.45, 7) is 11.6. The van der Waals surface area contributed by atoms with Crippen molar-refractivity contribution in [1.29, 1.82) is 0 Å². The predicted octanol–water partition coefficient (Wildman–Crippen LogP) is 9.49. The van der Waals surface area contributed by atoms with Crippen LogP contribution >= 0.6 is 34.8 Å². The molecule has 3 aromatic carbocycles. The number of para-hydroxylation sites is 1. The van der Waals surface area contributed by atoms with Crippen LogP contribution in [0.1, 0.15) is 25.1 Å². The lowest BCUT2D eigenvalue weighted by atomic mass is 10.1. The van der Waals surface area contributed by atoms with Crippen LogP contribution < -0.4 is 18.9 Å². The summed E-state index contributed by atoms with van der Waals surface area (Å²) in [4.78, 5) is 36.1. The summed E-state index contributed by atoms with van der Waals surface area (Å²) in [5.74, 6) is 0.0610. The number of fused-ring (bicyclic) bond motifs is 2. The number of halogens is 4. The Morgan fingerprint density at radius 2 is 1.75 bits per heavy atom. The number of hydrogen-bond acceptors (Lipinski definition) is 12. The molecule has 67 heavy (non-hydrogen) atoms. The van der Waals surface area contributed by atoms with Gasteiger partial charge in [-0.2, -0.15) is 4.98 Å². The Labute approximate surface area is 401 Å². The maximum absolute atomic E-state index is 14.4. The lowest BCUT2D eigenvalue weighted by molar-refractivity contribution is -0.145. The number of likely N-dealkylation sites (N-methyl/N-ethyl adjacent to an activating group) is 1. The average molecular weight is 971 g/mol. The van der Waals surface area contributed by atoms with Crippen molar-refractivity contribution in [3.63, 3.8) is 0 Å².